The molecule has 0 aliphatic carbocycles. The van der Waals surface area contributed by atoms with Crippen LogP contribution in [-0.4, -0.2) is 103 Å². The third kappa shape index (κ3) is 23.1. The summed E-state index contributed by atoms with van der Waals surface area (Å²) < 4.78 is 15.3. The first-order valence-electron chi connectivity index (χ1n) is 20.3. The number of methoxy groups -OCH3 is 2. The maximum absolute atomic E-state index is 8.92. The Kier molecular flexibility index (Phi) is 38.3. The largest absolute Gasteiger partial charge is 1.00 e. The molecule has 4 heterocycles. The fourth-order valence-electron chi connectivity index (χ4n) is 6.23. The van der Waals surface area contributed by atoms with E-state index in [1.54, 1.807) is 52.4 Å². The Bertz CT molecular complexity index is 2310. The number of ether oxygens (including phenoxy) is 3. The van der Waals surface area contributed by atoms with Crippen LogP contribution in [0.2, 0.25) is 0 Å². The normalized spacial score (nSPS) is 13.6. The van der Waals surface area contributed by atoms with Crippen LogP contribution in [0.4, 0.5) is 0 Å². The van der Waals surface area contributed by atoms with Gasteiger partial charge in [0.05, 0.1) is 48.7 Å². The summed E-state index contributed by atoms with van der Waals surface area (Å²) in [5.74, 6) is 1.83. The van der Waals surface area contributed by atoms with Crippen LogP contribution in [0.5, 0.6) is 0 Å². The minimum Gasteiger partial charge on any atom is -0.870 e. The van der Waals surface area contributed by atoms with Crippen LogP contribution in [0, 0.1) is 52.6 Å². The smallest absolute Gasteiger partial charge is 0.870 e. The van der Waals surface area contributed by atoms with E-state index in [9.17, 15) is 0 Å². The van der Waals surface area contributed by atoms with Crippen molar-refractivity contribution in [1.82, 2.24) is 14.7 Å². The number of rotatable bonds is 9. The average molecular weight is 965 g/mol. The molecule has 0 atom stereocenters. The molecule has 0 saturated carbocycles. The van der Waals surface area contributed by atoms with Crippen LogP contribution >= 0.6 is 0 Å². The van der Waals surface area contributed by atoms with E-state index in [-0.39, 0.29) is 77.0 Å². The molecule has 0 aromatic heterocycles. The first kappa shape index (κ1) is 69.3. The van der Waals surface area contributed by atoms with Gasteiger partial charge in [0.2, 0.25) is 0 Å². The van der Waals surface area contributed by atoms with Crippen molar-refractivity contribution >= 4 is 0 Å². The Morgan fingerprint density at radius 2 is 0.686 bits per heavy atom. The fourth-order valence-corrected chi connectivity index (χ4v) is 6.23. The molecule has 4 rings (SSSR count). The molecule has 364 valence electrons. The van der Waals surface area contributed by atoms with E-state index in [1.807, 2.05) is 70.7 Å². The minimum atomic E-state index is 0. The van der Waals surface area contributed by atoms with Gasteiger partial charge < -0.3 is 55.8 Å². The molecule has 20 heteroatoms. The zero-order chi connectivity index (χ0) is 51.1. The summed E-state index contributed by atoms with van der Waals surface area (Å²) in [6, 6.07) is 0. The van der Waals surface area contributed by atoms with E-state index in [1.165, 1.54) is 0 Å². The van der Waals surface area contributed by atoms with E-state index in [4.69, 9.17) is 82.7 Å². The molecular formula is C50H61N12NaO7. The van der Waals surface area contributed by atoms with Gasteiger partial charge >= 0.3 is 52.8 Å². The number of aliphatic hydroxyl groups excluding tert-OH is 2. The number of nitrogens with two attached hydrogens (primary N) is 1. The Morgan fingerprint density at radius 3 is 0.871 bits per heavy atom. The minimum absolute atomic E-state index is 0. The van der Waals surface area contributed by atoms with Crippen molar-refractivity contribution in [3.05, 3.63) is 231 Å². The molecule has 0 radical (unpaired) electrons. The number of β-amino-alcohol motifs (C(OH)–C–C–N with tert-alkyl or cyclic N) is 1. The molecule has 4 aliphatic heterocycles. The predicted octanol–water partition coefficient (Wildman–Crippen LogP) is 5.58. The van der Waals surface area contributed by atoms with Gasteiger partial charge in [-0.05, 0) is 104 Å². The van der Waals surface area contributed by atoms with E-state index in [2.05, 4.69) is 48.6 Å². The predicted molar refractivity (Wildman–Crippen MR) is 265 cm³/mol. The summed E-state index contributed by atoms with van der Waals surface area (Å²) in [7, 11) is 3.34. The molecule has 0 amide bonds. The van der Waals surface area contributed by atoms with Crippen LogP contribution in [-0.2, 0) is 14.2 Å². The molecule has 70 heavy (non-hydrogen) atoms. The van der Waals surface area contributed by atoms with Gasteiger partial charge in [0.1, 0.15) is 64.1 Å². The summed E-state index contributed by atoms with van der Waals surface area (Å²) >= 11 is 0. The molecule has 0 spiro atoms. The van der Waals surface area contributed by atoms with Crippen LogP contribution in [0.15, 0.2) is 140 Å². The molecule has 0 unspecified atom stereocenters. The molecule has 19 nitrogen and oxygen atoms in total. The van der Waals surface area contributed by atoms with Gasteiger partial charge in [-0.2, -0.15) is 38.8 Å². The van der Waals surface area contributed by atoms with Crippen molar-refractivity contribution in [2.24, 2.45) is 5.73 Å². The van der Waals surface area contributed by atoms with Crippen molar-refractivity contribution in [2.75, 3.05) is 66.8 Å². The van der Waals surface area contributed by atoms with Gasteiger partial charge in [0.25, 0.3) is 0 Å². The second-order valence-corrected chi connectivity index (χ2v) is 14.0. The SMILES string of the molecule is NCCO.O.[C-]#[N+]C([N+]#[C-])=C1C=C(C)N(CCO)C(C)=C1.[C-]#[N+]C([N+]#[C-])=C1C=C(C)N(CCOC)C(C)=C1.[C-]#[N+]C([N+]#[C-])=C1C=C(C)N(CCOC)C(C)=C1.[C-]#[N+]C([N+]#[C-])=C1C=C(C)OC(C)=C1.[Na+].[OH-]. The Morgan fingerprint density at radius 1 is 0.471 bits per heavy atom. The maximum atomic E-state index is 8.92. The zero-order valence-corrected chi connectivity index (χ0v) is 43.8. The van der Waals surface area contributed by atoms with Gasteiger partial charge in [-0.15, -0.1) is 0 Å². The summed E-state index contributed by atoms with van der Waals surface area (Å²) in [5.41, 5.74) is 13.4. The molecule has 4 aliphatic rings. The zero-order valence-electron chi connectivity index (χ0n) is 41.8. The summed E-state index contributed by atoms with van der Waals surface area (Å²) in [6.07, 6.45) is 14.5. The van der Waals surface area contributed by atoms with Gasteiger partial charge in [0, 0.05) is 74.6 Å². The summed E-state index contributed by atoms with van der Waals surface area (Å²) in [4.78, 5) is 31.7. The van der Waals surface area contributed by atoms with Crippen molar-refractivity contribution in [1.29, 1.82) is 0 Å². The van der Waals surface area contributed by atoms with E-state index in [0.29, 0.717) is 60.1 Å². The van der Waals surface area contributed by atoms with Gasteiger partial charge in [0.15, 0.2) is 0 Å². The molecule has 0 aromatic carbocycles. The first-order valence-corrected chi connectivity index (χ1v) is 20.3. The van der Waals surface area contributed by atoms with E-state index >= 15 is 0 Å². The second-order valence-electron chi connectivity index (χ2n) is 14.0. The van der Waals surface area contributed by atoms with Crippen LogP contribution in [0.3, 0.4) is 0 Å². The maximum Gasteiger partial charge on any atom is 1.00 e. The van der Waals surface area contributed by atoms with E-state index in [0.717, 1.165) is 47.3 Å². The number of hydrogen-bond donors (Lipinski definition) is 3. The van der Waals surface area contributed by atoms with Gasteiger partial charge in [-0.25, -0.2) is 0 Å². The Balaban J connectivity index is -0.000000400. The number of nitrogens with zero attached hydrogens (tertiary/aromatic N) is 11. The molecule has 0 bridgehead atoms. The third-order valence-corrected chi connectivity index (χ3v) is 9.15. The average Bonchev–Trinajstić information content (AvgIpc) is 3.29. The second kappa shape index (κ2) is 38.7. The van der Waals surface area contributed by atoms with Crippen LogP contribution < -0.4 is 35.3 Å². The molecular weight excluding hydrogens is 904 g/mol. The van der Waals surface area contributed by atoms with Crippen molar-refractivity contribution in [2.45, 2.75) is 55.4 Å². The number of hydrogen-bond acceptors (Lipinski definition) is 10. The van der Waals surface area contributed by atoms with Crippen molar-refractivity contribution in [3.63, 3.8) is 0 Å². The van der Waals surface area contributed by atoms with E-state index < -0.39 is 0 Å². The molecule has 0 aromatic rings. The van der Waals surface area contributed by atoms with Crippen LogP contribution in [0.25, 0.3) is 38.8 Å². The van der Waals surface area contributed by atoms with Crippen molar-refractivity contribution < 1.29 is 64.9 Å². The van der Waals surface area contributed by atoms with Crippen LogP contribution in [0.1, 0.15) is 55.4 Å². The molecule has 0 fully saturated rings. The van der Waals surface area contributed by atoms with Gasteiger partial charge in [-0.3, -0.25) is 0 Å². The molecule has 0 saturated heterocycles. The quantitative estimate of drug-likeness (QED) is 0.194. The molecule has 7 N–H and O–H groups in total. The summed E-state index contributed by atoms with van der Waals surface area (Å²) in [6.45, 7) is 74.4. The topological polar surface area (TPSA) is 200 Å². The Labute approximate surface area is 436 Å². The number of aliphatic hydroxyl groups is 2. The van der Waals surface area contributed by atoms with Gasteiger partial charge in [-0.1, -0.05) is 0 Å². The number of allylic oxidation sites excluding steroid dienone is 20. The first-order chi connectivity index (χ1) is 32.0. The van der Waals surface area contributed by atoms with Crippen molar-refractivity contribution in [3.8, 4) is 0 Å². The third-order valence-electron chi connectivity index (χ3n) is 9.15. The Hall–Kier alpha value is -7.28. The standard InChI is InChI=1S/2C13H15N3O.C12H13N3O.C10H8N2O.C2H7NO.Na.2H2O/c2*1-10-8-12(13(14-3)15-4)9-11(2)16(10)6-7-17-5;1-9-7-11(12(13-3)14-4)8-10(2)15(9)5-6-16;1-7-5-9(6-8(2)13-7)10(11-3)12-4;3-1-2-4;;;/h2*8-9H,6-7H2,1-2,5H3;7-8,16H,5-6H2,1-2H3;5-6H,1-2H3;4H,1-3H2;;2*1H2/q;;;;;+1;;/p-1. The summed E-state index contributed by atoms with van der Waals surface area (Å²) in [5, 5.41) is 16.7. The monoisotopic (exact) mass is 964 g/mol. The fraction of sp³-hybridized carbons (Fsp3) is 0.360.